The van der Waals surface area contributed by atoms with Crippen LogP contribution in [0.5, 0.6) is 0 Å². The molecular weight excluding hydrogens is 410 g/mol. The van der Waals surface area contributed by atoms with E-state index in [0.717, 1.165) is 15.7 Å². The Balaban J connectivity index is 1.30. The van der Waals surface area contributed by atoms with Crippen LogP contribution in [0, 0.1) is 6.92 Å². The maximum Gasteiger partial charge on any atom is 0.253 e. The van der Waals surface area contributed by atoms with Crippen molar-refractivity contribution in [3.63, 3.8) is 0 Å². The molecule has 6 nitrogen and oxygen atoms in total. The molecule has 1 aliphatic rings. The fourth-order valence-electron chi connectivity index (χ4n) is 3.46. The van der Waals surface area contributed by atoms with Crippen LogP contribution in [0.2, 0.25) is 0 Å². The van der Waals surface area contributed by atoms with E-state index in [1.807, 2.05) is 67.6 Å². The van der Waals surface area contributed by atoms with Crippen molar-refractivity contribution in [2.45, 2.75) is 30.7 Å². The molecule has 3 aromatic carbocycles. The van der Waals surface area contributed by atoms with E-state index in [-0.39, 0.29) is 24.1 Å². The molecule has 0 radical (unpaired) electrons. The van der Waals surface area contributed by atoms with Gasteiger partial charge in [0.2, 0.25) is 11.8 Å². The van der Waals surface area contributed by atoms with Crippen LogP contribution in [0.15, 0.2) is 71.6 Å². The van der Waals surface area contributed by atoms with Gasteiger partial charge in [-0.2, -0.15) is 0 Å². The predicted octanol–water partition coefficient (Wildman–Crippen LogP) is 3.58. The number of rotatable bonds is 7. The first-order valence-electron chi connectivity index (χ1n) is 10.1. The molecule has 1 fully saturated rings. The lowest BCUT2D eigenvalue weighted by Gasteiger charge is -2.16. The SMILES string of the molecule is Cc1ccc(SCCC(=O)NN[C@@H]2CC(=O)N(c3ccc4ccccc4c3)C2=O)cc1. The number of amides is 3. The molecule has 7 heteroatoms. The van der Waals surface area contributed by atoms with E-state index in [4.69, 9.17) is 0 Å². The minimum absolute atomic E-state index is 0.00402. The van der Waals surface area contributed by atoms with Crippen molar-refractivity contribution < 1.29 is 14.4 Å². The number of nitrogens with one attached hydrogen (secondary N) is 2. The molecule has 1 heterocycles. The topological polar surface area (TPSA) is 78.5 Å². The zero-order valence-electron chi connectivity index (χ0n) is 17.1. The fraction of sp³-hybridized carbons (Fsp3) is 0.208. The number of fused-ring (bicyclic) bond motifs is 1. The highest BCUT2D eigenvalue weighted by atomic mass is 32.2. The Hall–Kier alpha value is -3.16. The second-order valence-corrected chi connectivity index (χ2v) is 8.63. The summed E-state index contributed by atoms with van der Waals surface area (Å²) in [5, 5.41) is 1.99. The molecule has 0 spiro atoms. The lowest BCUT2D eigenvalue weighted by molar-refractivity contribution is -0.123. The van der Waals surface area contributed by atoms with E-state index in [1.165, 1.54) is 10.5 Å². The molecule has 0 bridgehead atoms. The number of anilines is 1. The minimum atomic E-state index is -0.771. The van der Waals surface area contributed by atoms with Crippen LogP contribution in [0.4, 0.5) is 5.69 Å². The number of carbonyl (C=O) groups excluding carboxylic acids is 3. The lowest BCUT2D eigenvalue weighted by atomic mass is 10.1. The number of hydrazine groups is 1. The third-order valence-corrected chi connectivity index (χ3v) is 6.16. The standard InChI is InChI=1S/C24H23N3O3S/c1-16-6-10-20(11-7-16)31-13-12-22(28)26-25-21-15-23(29)27(24(21)30)19-9-8-17-4-2-3-5-18(17)14-19/h2-11,14,21,25H,12-13,15H2,1H3,(H,26,28)/t21-/m1/s1. The number of carbonyl (C=O) groups is 3. The summed E-state index contributed by atoms with van der Waals surface area (Å²) < 4.78 is 0. The van der Waals surface area contributed by atoms with Crippen LogP contribution < -0.4 is 15.8 Å². The quantitative estimate of drug-likeness (QED) is 0.338. The third-order valence-electron chi connectivity index (χ3n) is 5.14. The lowest BCUT2D eigenvalue weighted by Crippen LogP contribution is -2.48. The molecule has 1 saturated heterocycles. The van der Waals surface area contributed by atoms with E-state index in [1.54, 1.807) is 17.8 Å². The number of thioether (sulfide) groups is 1. The summed E-state index contributed by atoms with van der Waals surface area (Å²) in [5.41, 5.74) is 7.04. The highest BCUT2D eigenvalue weighted by molar-refractivity contribution is 7.99. The number of aryl methyl sites for hydroxylation is 1. The van der Waals surface area contributed by atoms with Gasteiger partial charge in [0, 0.05) is 17.1 Å². The van der Waals surface area contributed by atoms with Crippen molar-refractivity contribution in [1.82, 2.24) is 10.9 Å². The Labute approximate surface area is 185 Å². The average molecular weight is 434 g/mol. The first-order valence-corrected chi connectivity index (χ1v) is 11.1. The van der Waals surface area contributed by atoms with Gasteiger partial charge in [-0.1, -0.05) is 48.0 Å². The molecule has 0 saturated carbocycles. The molecule has 4 rings (SSSR count). The zero-order chi connectivity index (χ0) is 21.8. The van der Waals surface area contributed by atoms with Gasteiger partial charge in [-0.05, 0) is 42.0 Å². The Morgan fingerprint density at radius 2 is 1.77 bits per heavy atom. The number of imide groups is 1. The van der Waals surface area contributed by atoms with Gasteiger partial charge >= 0.3 is 0 Å². The molecule has 0 aliphatic carbocycles. The summed E-state index contributed by atoms with van der Waals surface area (Å²) in [6.07, 6.45) is 0.304. The summed E-state index contributed by atoms with van der Waals surface area (Å²) in [6.45, 7) is 2.03. The van der Waals surface area contributed by atoms with Gasteiger partial charge in [0.1, 0.15) is 6.04 Å². The molecule has 1 aliphatic heterocycles. The first kappa shape index (κ1) is 21.1. The minimum Gasteiger partial charge on any atom is -0.291 e. The van der Waals surface area contributed by atoms with Gasteiger partial charge in [-0.25, -0.2) is 10.3 Å². The van der Waals surface area contributed by atoms with Crippen molar-refractivity contribution in [3.05, 3.63) is 72.3 Å². The molecule has 3 amide bonds. The van der Waals surface area contributed by atoms with Crippen LogP contribution in [-0.2, 0) is 14.4 Å². The summed E-state index contributed by atoms with van der Waals surface area (Å²) in [7, 11) is 0. The maximum absolute atomic E-state index is 12.8. The Kier molecular flexibility index (Phi) is 6.34. The zero-order valence-corrected chi connectivity index (χ0v) is 17.9. The van der Waals surface area contributed by atoms with E-state index in [9.17, 15) is 14.4 Å². The number of nitrogens with zero attached hydrogens (tertiary/aromatic N) is 1. The summed E-state index contributed by atoms with van der Waals surface area (Å²) in [5.74, 6) is -0.252. The Morgan fingerprint density at radius 3 is 2.55 bits per heavy atom. The molecule has 31 heavy (non-hydrogen) atoms. The van der Waals surface area contributed by atoms with Gasteiger partial charge in [0.15, 0.2) is 0 Å². The van der Waals surface area contributed by atoms with E-state index in [2.05, 4.69) is 10.9 Å². The normalized spacial score (nSPS) is 16.2. The summed E-state index contributed by atoms with van der Waals surface area (Å²) in [6, 6.07) is 20.6. The molecular formula is C24H23N3O3S. The van der Waals surface area contributed by atoms with E-state index >= 15 is 0 Å². The second kappa shape index (κ2) is 9.32. The van der Waals surface area contributed by atoms with E-state index in [0.29, 0.717) is 17.9 Å². The van der Waals surface area contributed by atoms with Crippen LogP contribution in [-0.4, -0.2) is 29.5 Å². The molecule has 3 aromatic rings. The van der Waals surface area contributed by atoms with Gasteiger partial charge in [-0.3, -0.25) is 19.8 Å². The second-order valence-electron chi connectivity index (χ2n) is 7.46. The number of benzene rings is 3. The van der Waals surface area contributed by atoms with Gasteiger partial charge in [-0.15, -0.1) is 11.8 Å². The molecule has 1 atom stereocenters. The van der Waals surface area contributed by atoms with Crippen molar-refractivity contribution in [2.75, 3.05) is 10.7 Å². The smallest absolute Gasteiger partial charge is 0.253 e. The monoisotopic (exact) mass is 433 g/mol. The van der Waals surface area contributed by atoms with Crippen molar-refractivity contribution in [2.24, 2.45) is 0 Å². The van der Waals surface area contributed by atoms with Gasteiger partial charge < -0.3 is 0 Å². The summed E-state index contributed by atoms with van der Waals surface area (Å²) in [4.78, 5) is 39.7. The largest absolute Gasteiger partial charge is 0.291 e. The first-order chi connectivity index (χ1) is 15.0. The van der Waals surface area contributed by atoms with Crippen LogP contribution in [0.1, 0.15) is 18.4 Å². The third kappa shape index (κ3) is 4.95. The van der Waals surface area contributed by atoms with Crippen LogP contribution in [0.3, 0.4) is 0 Å². The van der Waals surface area contributed by atoms with Crippen molar-refractivity contribution >= 4 is 45.9 Å². The number of hydrogen-bond acceptors (Lipinski definition) is 5. The maximum atomic E-state index is 12.8. The highest BCUT2D eigenvalue weighted by Crippen LogP contribution is 2.26. The number of hydrogen-bond donors (Lipinski definition) is 2. The van der Waals surface area contributed by atoms with Gasteiger partial charge in [0.25, 0.3) is 5.91 Å². The van der Waals surface area contributed by atoms with Crippen LogP contribution >= 0.6 is 11.8 Å². The highest BCUT2D eigenvalue weighted by Gasteiger charge is 2.39. The molecule has 2 N–H and O–H groups in total. The summed E-state index contributed by atoms with van der Waals surface area (Å²) >= 11 is 1.60. The molecule has 158 valence electrons. The average Bonchev–Trinajstić information content (AvgIpc) is 3.06. The van der Waals surface area contributed by atoms with Gasteiger partial charge in [0.05, 0.1) is 12.1 Å². The van der Waals surface area contributed by atoms with Crippen molar-refractivity contribution in [3.8, 4) is 0 Å². The van der Waals surface area contributed by atoms with Crippen LogP contribution in [0.25, 0.3) is 10.8 Å². The predicted molar refractivity (Wildman–Crippen MR) is 123 cm³/mol. The van der Waals surface area contributed by atoms with E-state index < -0.39 is 6.04 Å². The molecule has 0 unspecified atom stereocenters. The van der Waals surface area contributed by atoms with Crippen molar-refractivity contribution in [1.29, 1.82) is 0 Å². The fourth-order valence-corrected chi connectivity index (χ4v) is 4.31. The molecule has 0 aromatic heterocycles. The Bertz CT molecular complexity index is 1130. The Morgan fingerprint density at radius 1 is 1.03 bits per heavy atom.